The Morgan fingerprint density at radius 3 is 2.60 bits per heavy atom. The van der Waals surface area contributed by atoms with Crippen LogP contribution in [0.15, 0.2) is 24.3 Å². The van der Waals surface area contributed by atoms with Crippen molar-refractivity contribution in [1.29, 1.82) is 0 Å². The van der Waals surface area contributed by atoms with Crippen LogP contribution in [0.3, 0.4) is 0 Å². The first-order valence-corrected chi connectivity index (χ1v) is 6.17. The third-order valence-corrected chi connectivity index (χ3v) is 3.37. The van der Waals surface area contributed by atoms with Gasteiger partial charge >= 0.3 is 0 Å². The first kappa shape index (κ1) is 14.0. The molecule has 106 valence electrons. The van der Waals surface area contributed by atoms with Crippen LogP contribution in [0, 0.1) is 0 Å². The van der Waals surface area contributed by atoms with Crippen LogP contribution in [0.5, 0.6) is 5.75 Å². The highest BCUT2D eigenvalue weighted by Gasteiger charge is 2.44. The van der Waals surface area contributed by atoms with E-state index in [9.17, 15) is 14.4 Å². The molecule has 0 saturated carbocycles. The maximum Gasteiger partial charge on any atom is 0.258 e. The standard InChI is InChI=1S/C14H16N2O4/c1-14(2)13(19)15-11(17)8-16(14)12(18)9-6-4-5-7-10(9)20-3/h4-7H,8H2,1-3H3,(H,15,17,19). The van der Waals surface area contributed by atoms with Gasteiger partial charge in [0.1, 0.15) is 17.8 Å². The summed E-state index contributed by atoms with van der Waals surface area (Å²) in [6.07, 6.45) is 0. The van der Waals surface area contributed by atoms with E-state index in [0.717, 1.165) is 0 Å². The van der Waals surface area contributed by atoms with Crippen LogP contribution in [-0.2, 0) is 9.59 Å². The minimum absolute atomic E-state index is 0.157. The van der Waals surface area contributed by atoms with Crippen molar-refractivity contribution in [2.24, 2.45) is 0 Å². The summed E-state index contributed by atoms with van der Waals surface area (Å²) in [6.45, 7) is 3.04. The van der Waals surface area contributed by atoms with E-state index >= 15 is 0 Å². The second-order valence-corrected chi connectivity index (χ2v) is 5.03. The minimum atomic E-state index is -1.09. The number of amides is 3. The Bertz CT molecular complexity index is 580. The van der Waals surface area contributed by atoms with E-state index in [0.29, 0.717) is 11.3 Å². The highest BCUT2D eigenvalue weighted by Crippen LogP contribution is 2.25. The lowest BCUT2D eigenvalue weighted by molar-refractivity contribution is -0.143. The minimum Gasteiger partial charge on any atom is -0.496 e. The molecule has 6 nitrogen and oxygen atoms in total. The Hall–Kier alpha value is -2.37. The van der Waals surface area contributed by atoms with Gasteiger partial charge < -0.3 is 9.64 Å². The average molecular weight is 276 g/mol. The van der Waals surface area contributed by atoms with Crippen molar-refractivity contribution in [1.82, 2.24) is 10.2 Å². The topological polar surface area (TPSA) is 75.7 Å². The van der Waals surface area contributed by atoms with Crippen molar-refractivity contribution >= 4 is 17.7 Å². The zero-order chi connectivity index (χ0) is 14.9. The van der Waals surface area contributed by atoms with Crippen LogP contribution >= 0.6 is 0 Å². The lowest BCUT2D eigenvalue weighted by atomic mass is 9.97. The summed E-state index contributed by atoms with van der Waals surface area (Å²) in [7, 11) is 1.46. The Labute approximate surface area is 116 Å². The number of ether oxygens (including phenoxy) is 1. The fourth-order valence-electron chi connectivity index (χ4n) is 2.08. The number of rotatable bonds is 2. The summed E-state index contributed by atoms with van der Waals surface area (Å²) >= 11 is 0. The second-order valence-electron chi connectivity index (χ2n) is 5.03. The predicted octanol–water partition coefficient (Wildman–Crippen LogP) is 0.572. The molecular formula is C14H16N2O4. The quantitative estimate of drug-likeness (QED) is 0.801. The number of carbonyl (C=O) groups excluding carboxylic acids is 3. The van der Waals surface area contributed by atoms with Gasteiger partial charge in [0.2, 0.25) is 5.91 Å². The lowest BCUT2D eigenvalue weighted by Crippen LogP contribution is -2.65. The van der Waals surface area contributed by atoms with E-state index in [2.05, 4.69) is 5.32 Å². The summed E-state index contributed by atoms with van der Waals surface area (Å²) in [5, 5.41) is 2.23. The zero-order valence-corrected chi connectivity index (χ0v) is 11.6. The summed E-state index contributed by atoms with van der Waals surface area (Å²) in [4.78, 5) is 37.2. The van der Waals surface area contributed by atoms with E-state index < -0.39 is 23.3 Å². The van der Waals surface area contributed by atoms with Crippen molar-refractivity contribution in [3.05, 3.63) is 29.8 Å². The molecule has 2 rings (SSSR count). The molecule has 1 N–H and O–H groups in total. The van der Waals surface area contributed by atoms with Crippen molar-refractivity contribution in [2.75, 3.05) is 13.7 Å². The molecule has 3 amide bonds. The van der Waals surface area contributed by atoms with Gasteiger partial charge in [-0.05, 0) is 26.0 Å². The third kappa shape index (κ3) is 2.24. The number of carbonyl (C=O) groups is 3. The number of para-hydroxylation sites is 1. The van der Waals surface area contributed by atoms with Crippen molar-refractivity contribution < 1.29 is 19.1 Å². The summed E-state index contributed by atoms with van der Waals surface area (Å²) in [5.74, 6) is -0.975. The summed E-state index contributed by atoms with van der Waals surface area (Å²) < 4.78 is 5.15. The molecule has 0 spiro atoms. The molecule has 0 bridgehead atoms. The number of piperazine rings is 1. The molecule has 0 unspecified atom stereocenters. The highest BCUT2D eigenvalue weighted by molar-refractivity contribution is 6.09. The summed E-state index contributed by atoms with van der Waals surface area (Å²) in [5.41, 5.74) is -0.767. The molecular weight excluding hydrogens is 260 g/mol. The molecule has 0 atom stereocenters. The van der Waals surface area contributed by atoms with Gasteiger partial charge in [0.05, 0.1) is 12.7 Å². The Morgan fingerprint density at radius 1 is 1.30 bits per heavy atom. The fourth-order valence-corrected chi connectivity index (χ4v) is 2.08. The number of benzene rings is 1. The lowest BCUT2D eigenvalue weighted by Gasteiger charge is -2.40. The first-order chi connectivity index (χ1) is 9.37. The Kier molecular flexibility index (Phi) is 3.48. The molecule has 0 radical (unpaired) electrons. The highest BCUT2D eigenvalue weighted by atomic mass is 16.5. The molecule has 1 saturated heterocycles. The maximum atomic E-state index is 12.6. The van der Waals surface area contributed by atoms with E-state index in [1.165, 1.54) is 12.0 Å². The Morgan fingerprint density at radius 2 is 1.95 bits per heavy atom. The Balaban J connectivity index is 2.41. The number of nitrogens with zero attached hydrogens (tertiary/aromatic N) is 1. The number of methoxy groups -OCH3 is 1. The maximum absolute atomic E-state index is 12.6. The fraction of sp³-hybridized carbons (Fsp3) is 0.357. The molecule has 0 aliphatic carbocycles. The van der Waals surface area contributed by atoms with Gasteiger partial charge in [-0.3, -0.25) is 19.7 Å². The van der Waals surface area contributed by atoms with E-state index in [1.54, 1.807) is 38.1 Å². The van der Waals surface area contributed by atoms with Gasteiger partial charge in [-0.25, -0.2) is 0 Å². The molecule has 1 fully saturated rings. The van der Waals surface area contributed by atoms with Gasteiger partial charge in [0.25, 0.3) is 11.8 Å². The van der Waals surface area contributed by atoms with E-state index in [-0.39, 0.29) is 6.54 Å². The molecule has 6 heteroatoms. The van der Waals surface area contributed by atoms with Crippen LogP contribution < -0.4 is 10.1 Å². The number of hydrogen-bond donors (Lipinski definition) is 1. The van der Waals surface area contributed by atoms with E-state index in [1.807, 2.05) is 0 Å². The smallest absolute Gasteiger partial charge is 0.258 e. The summed E-state index contributed by atoms with van der Waals surface area (Å²) in [6, 6.07) is 6.71. The molecule has 1 aromatic rings. The van der Waals surface area contributed by atoms with Gasteiger partial charge in [0.15, 0.2) is 0 Å². The van der Waals surface area contributed by atoms with Crippen LogP contribution in [0.4, 0.5) is 0 Å². The SMILES string of the molecule is COc1ccccc1C(=O)N1CC(=O)NC(=O)C1(C)C. The number of hydrogen-bond acceptors (Lipinski definition) is 4. The average Bonchev–Trinajstić information content (AvgIpc) is 2.42. The zero-order valence-electron chi connectivity index (χ0n) is 11.6. The van der Waals surface area contributed by atoms with Crippen molar-refractivity contribution in [3.8, 4) is 5.75 Å². The molecule has 0 aromatic heterocycles. The van der Waals surface area contributed by atoms with E-state index in [4.69, 9.17) is 4.74 Å². The molecule has 20 heavy (non-hydrogen) atoms. The van der Waals surface area contributed by atoms with Crippen molar-refractivity contribution in [2.45, 2.75) is 19.4 Å². The molecule has 1 heterocycles. The van der Waals surface area contributed by atoms with Gasteiger partial charge in [-0.15, -0.1) is 0 Å². The predicted molar refractivity (Wildman–Crippen MR) is 71.3 cm³/mol. The monoisotopic (exact) mass is 276 g/mol. The second kappa shape index (κ2) is 4.96. The first-order valence-electron chi connectivity index (χ1n) is 6.17. The van der Waals surface area contributed by atoms with Crippen LogP contribution in [0.1, 0.15) is 24.2 Å². The number of nitrogens with one attached hydrogen (secondary N) is 1. The largest absolute Gasteiger partial charge is 0.496 e. The molecule has 1 aliphatic heterocycles. The molecule has 1 aliphatic rings. The van der Waals surface area contributed by atoms with Gasteiger partial charge in [-0.2, -0.15) is 0 Å². The van der Waals surface area contributed by atoms with Crippen LogP contribution in [-0.4, -0.2) is 41.8 Å². The van der Waals surface area contributed by atoms with Gasteiger partial charge in [-0.1, -0.05) is 12.1 Å². The van der Waals surface area contributed by atoms with Crippen molar-refractivity contribution in [3.63, 3.8) is 0 Å². The third-order valence-electron chi connectivity index (χ3n) is 3.37. The van der Waals surface area contributed by atoms with Crippen LogP contribution in [0.25, 0.3) is 0 Å². The number of imide groups is 1. The van der Waals surface area contributed by atoms with Gasteiger partial charge in [0, 0.05) is 0 Å². The normalized spacial score (nSPS) is 17.6. The van der Waals surface area contributed by atoms with Crippen LogP contribution in [0.2, 0.25) is 0 Å². The molecule has 1 aromatic carbocycles.